The minimum atomic E-state index is 0.589. The number of furan rings is 1. The molecule has 274 valence electrons. The molecule has 0 saturated carbocycles. The monoisotopic (exact) mass is 770 g/mol. The molecule has 0 aliphatic heterocycles. The predicted octanol–water partition coefficient (Wildman–Crippen LogP) is 14.5. The minimum Gasteiger partial charge on any atom is -0.454 e. The van der Waals surface area contributed by atoms with Crippen LogP contribution in [0.2, 0.25) is 0 Å². The van der Waals surface area contributed by atoms with Crippen molar-refractivity contribution < 1.29 is 4.42 Å². The smallest absolute Gasteiger partial charge is 0.164 e. The van der Waals surface area contributed by atoms with Crippen LogP contribution in [0.1, 0.15) is 0 Å². The maximum absolute atomic E-state index is 6.95. The first-order chi connectivity index (χ1) is 29.2. The second-order valence-corrected chi connectivity index (χ2v) is 16.2. The van der Waals surface area contributed by atoms with Crippen LogP contribution in [-0.4, -0.2) is 19.5 Å². The highest BCUT2D eigenvalue weighted by Crippen LogP contribution is 2.44. The van der Waals surface area contributed by atoms with E-state index in [0.29, 0.717) is 17.5 Å². The summed E-state index contributed by atoms with van der Waals surface area (Å²) in [5.74, 6) is 1.84. The lowest BCUT2D eigenvalue weighted by Crippen LogP contribution is -2.02. The van der Waals surface area contributed by atoms with Crippen molar-refractivity contribution in [2.75, 3.05) is 0 Å². The second kappa shape index (κ2) is 12.4. The van der Waals surface area contributed by atoms with E-state index < -0.39 is 0 Å². The standard InChI is InChI=1S/C53H30N4OS/c1-2-15-33-30-44-41(29-32(33)14-1)35-18-5-8-23-42(35)57(44)43-28-27-40(49-37-19-6-9-24-45(37)58-50(43)49)53-55-51(36-21-11-16-31-13-3-4-17-34(31)36)54-52(56-53)39-22-12-26-47-48(39)38-20-7-10-25-46(38)59-47/h1-30H. The summed E-state index contributed by atoms with van der Waals surface area (Å²) < 4.78 is 11.7. The van der Waals surface area contributed by atoms with Crippen LogP contribution in [0.25, 0.3) is 125 Å². The summed E-state index contributed by atoms with van der Waals surface area (Å²) in [6.45, 7) is 0. The predicted molar refractivity (Wildman–Crippen MR) is 246 cm³/mol. The summed E-state index contributed by atoms with van der Waals surface area (Å²) >= 11 is 1.79. The molecule has 0 unspecified atom stereocenters. The van der Waals surface area contributed by atoms with E-state index in [9.17, 15) is 0 Å². The zero-order chi connectivity index (χ0) is 38.6. The summed E-state index contributed by atoms with van der Waals surface area (Å²) in [6.07, 6.45) is 0. The lowest BCUT2D eigenvalue weighted by Gasteiger charge is -2.13. The first-order valence-corrected chi connectivity index (χ1v) is 20.6. The SMILES string of the molecule is c1ccc2cc3c(cc2c1)c1ccccc1n3-c1ccc(-c2nc(-c3cccc4ccccc34)nc(-c3cccc4sc5ccccc5c34)n2)c2c1oc1ccccc12. The average molecular weight is 771 g/mol. The fourth-order valence-electron chi connectivity index (χ4n) is 9.21. The molecule has 4 heterocycles. The molecule has 13 rings (SSSR count). The lowest BCUT2D eigenvalue weighted by atomic mass is 10.0. The summed E-state index contributed by atoms with van der Waals surface area (Å²) in [5, 5.41) is 11.3. The summed E-state index contributed by atoms with van der Waals surface area (Å²) in [6, 6.07) is 64.3. The summed E-state index contributed by atoms with van der Waals surface area (Å²) in [7, 11) is 0. The van der Waals surface area contributed by atoms with Crippen LogP contribution in [0.5, 0.6) is 0 Å². The van der Waals surface area contributed by atoms with Crippen LogP contribution in [0.4, 0.5) is 0 Å². The Kier molecular flexibility index (Phi) is 6.82. The minimum absolute atomic E-state index is 0.589. The Morgan fingerprint density at radius 2 is 0.983 bits per heavy atom. The van der Waals surface area contributed by atoms with Crippen LogP contribution < -0.4 is 0 Å². The van der Waals surface area contributed by atoms with Crippen molar-refractivity contribution in [1.29, 1.82) is 0 Å². The second-order valence-electron chi connectivity index (χ2n) is 15.1. The van der Waals surface area contributed by atoms with Crippen molar-refractivity contribution in [3.8, 4) is 39.9 Å². The van der Waals surface area contributed by atoms with Crippen LogP contribution in [0, 0.1) is 0 Å². The van der Waals surface area contributed by atoms with Crippen molar-refractivity contribution in [1.82, 2.24) is 19.5 Å². The van der Waals surface area contributed by atoms with Crippen molar-refractivity contribution in [3.05, 3.63) is 182 Å². The van der Waals surface area contributed by atoms with Crippen LogP contribution in [0.3, 0.4) is 0 Å². The number of rotatable bonds is 4. The van der Waals surface area contributed by atoms with Gasteiger partial charge in [-0.2, -0.15) is 0 Å². The zero-order valence-electron chi connectivity index (χ0n) is 31.4. The van der Waals surface area contributed by atoms with Gasteiger partial charge in [0.2, 0.25) is 0 Å². The molecule has 0 fully saturated rings. The number of hydrogen-bond donors (Lipinski definition) is 0. The highest BCUT2D eigenvalue weighted by Gasteiger charge is 2.24. The van der Waals surface area contributed by atoms with Gasteiger partial charge in [-0.3, -0.25) is 0 Å². The van der Waals surface area contributed by atoms with Crippen LogP contribution >= 0.6 is 11.3 Å². The number of para-hydroxylation sites is 2. The molecule has 0 aliphatic rings. The van der Waals surface area contributed by atoms with Gasteiger partial charge in [0, 0.05) is 58.4 Å². The van der Waals surface area contributed by atoms with Gasteiger partial charge in [-0.15, -0.1) is 11.3 Å². The highest BCUT2D eigenvalue weighted by molar-refractivity contribution is 7.25. The molecule has 13 aromatic rings. The van der Waals surface area contributed by atoms with Gasteiger partial charge >= 0.3 is 0 Å². The highest BCUT2D eigenvalue weighted by atomic mass is 32.1. The fraction of sp³-hybridized carbons (Fsp3) is 0. The lowest BCUT2D eigenvalue weighted by molar-refractivity contribution is 0.666. The van der Waals surface area contributed by atoms with Crippen molar-refractivity contribution >= 4 is 96.8 Å². The Balaban J connectivity index is 1.13. The molecule has 9 aromatic carbocycles. The molecule has 4 aromatic heterocycles. The Morgan fingerprint density at radius 3 is 1.83 bits per heavy atom. The zero-order valence-corrected chi connectivity index (χ0v) is 32.2. The third-order valence-electron chi connectivity index (χ3n) is 11.8. The van der Waals surface area contributed by atoms with Gasteiger partial charge in [-0.05, 0) is 70.1 Å². The largest absolute Gasteiger partial charge is 0.454 e. The number of benzene rings is 9. The number of hydrogen-bond acceptors (Lipinski definition) is 5. The third kappa shape index (κ3) is 4.81. The Bertz CT molecular complexity index is 3870. The molecule has 59 heavy (non-hydrogen) atoms. The van der Waals surface area contributed by atoms with Gasteiger partial charge in [0.15, 0.2) is 23.1 Å². The van der Waals surface area contributed by atoms with E-state index in [0.717, 1.165) is 71.5 Å². The molecule has 5 nitrogen and oxygen atoms in total. The van der Waals surface area contributed by atoms with E-state index in [1.165, 1.54) is 36.3 Å². The van der Waals surface area contributed by atoms with Gasteiger partial charge in [0.05, 0.1) is 16.7 Å². The topological polar surface area (TPSA) is 56.7 Å². The van der Waals surface area contributed by atoms with Gasteiger partial charge in [-0.25, -0.2) is 15.0 Å². The van der Waals surface area contributed by atoms with E-state index >= 15 is 0 Å². The molecule has 0 bridgehead atoms. The number of thiophene rings is 1. The van der Waals surface area contributed by atoms with Crippen molar-refractivity contribution in [2.24, 2.45) is 0 Å². The van der Waals surface area contributed by atoms with Crippen LogP contribution in [0.15, 0.2) is 186 Å². The molecule has 0 amide bonds. The molecule has 0 spiro atoms. The molecule has 0 radical (unpaired) electrons. The maximum atomic E-state index is 6.95. The number of aromatic nitrogens is 4. The van der Waals surface area contributed by atoms with E-state index in [2.05, 4.69) is 174 Å². The summed E-state index contributed by atoms with van der Waals surface area (Å²) in [5.41, 5.74) is 7.59. The van der Waals surface area contributed by atoms with Gasteiger partial charge in [0.25, 0.3) is 0 Å². The first-order valence-electron chi connectivity index (χ1n) is 19.8. The molecular weight excluding hydrogens is 741 g/mol. The fourth-order valence-corrected chi connectivity index (χ4v) is 10.3. The van der Waals surface area contributed by atoms with Gasteiger partial charge in [0.1, 0.15) is 5.58 Å². The number of nitrogens with zero attached hydrogens (tertiary/aromatic N) is 4. The number of fused-ring (bicyclic) bond motifs is 11. The van der Waals surface area contributed by atoms with Crippen molar-refractivity contribution in [3.63, 3.8) is 0 Å². The quantitative estimate of drug-likeness (QED) is 0.179. The molecular formula is C53H30N4OS. The molecule has 0 saturated heterocycles. The average Bonchev–Trinajstić information content (AvgIpc) is 3.97. The van der Waals surface area contributed by atoms with Gasteiger partial charge < -0.3 is 8.98 Å². The van der Waals surface area contributed by atoms with E-state index in [-0.39, 0.29) is 0 Å². The summed E-state index contributed by atoms with van der Waals surface area (Å²) in [4.78, 5) is 16.1. The molecule has 6 heteroatoms. The van der Waals surface area contributed by atoms with Gasteiger partial charge in [-0.1, -0.05) is 133 Å². The molecule has 0 N–H and O–H groups in total. The van der Waals surface area contributed by atoms with E-state index in [1.807, 2.05) is 12.1 Å². The maximum Gasteiger partial charge on any atom is 0.164 e. The normalized spacial score (nSPS) is 12.1. The third-order valence-corrected chi connectivity index (χ3v) is 13.0. The van der Waals surface area contributed by atoms with E-state index in [4.69, 9.17) is 19.4 Å². The molecule has 0 aliphatic carbocycles. The first kappa shape index (κ1) is 32.4. The Morgan fingerprint density at radius 1 is 0.390 bits per heavy atom. The van der Waals surface area contributed by atoms with Crippen LogP contribution in [-0.2, 0) is 0 Å². The Hall–Kier alpha value is -7.67. The Labute approximate surface area is 341 Å². The van der Waals surface area contributed by atoms with Crippen molar-refractivity contribution in [2.45, 2.75) is 0 Å². The van der Waals surface area contributed by atoms with E-state index in [1.54, 1.807) is 11.3 Å². The molecule has 0 atom stereocenters.